The summed E-state index contributed by atoms with van der Waals surface area (Å²) in [5, 5.41) is 15.7. The van der Waals surface area contributed by atoms with E-state index in [1.54, 1.807) is 0 Å². The molecule has 11 nitrogen and oxygen atoms in total. The Balaban J connectivity index is 1.81. The van der Waals surface area contributed by atoms with Gasteiger partial charge in [0.2, 0.25) is 5.91 Å². The summed E-state index contributed by atoms with van der Waals surface area (Å²) in [4.78, 5) is 58.7. The number of hydrogen-bond donors (Lipinski definition) is 2. The van der Waals surface area contributed by atoms with Gasteiger partial charge in [0.25, 0.3) is 17.5 Å². The first-order valence-electron chi connectivity index (χ1n) is 8.67. The molecule has 0 fully saturated rings. The number of benzene rings is 1. The van der Waals surface area contributed by atoms with Crippen molar-refractivity contribution in [3.8, 4) is 0 Å². The minimum absolute atomic E-state index is 0.0138. The van der Waals surface area contributed by atoms with Crippen LogP contribution in [0.5, 0.6) is 0 Å². The maximum atomic E-state index is 12.3. The summed E-state index contributed by atoms with van der Waals surface area (Å²) in [6.45, 7) is 1.95. The molecule has 1 aromatic rings. The molecule has 0 saturated heterocycles. The number of fused-ring (bicyclic) bond motifs is 1. The first kappa shape index (κ1) is 20.8. The van der Waals surface area contributed by atoms with Crippen LogP contribution in [0.25, 0.3) is 0 Å². The predicted molar refractivity (Wildman–Crippen MR) is 95.7 cm³/mol. The SMILES string of the molecule is CCCCOC(=O)NCCNC(=O)CN1C(=O)c2ccc([N+](=O)[O-])cc2C1=O. The van der Waals surface area contributed by atoms with E-state index in [1.165, 1.54) is 6.07 Å². The van der Waals surface area contributed by atoms with Gasteiger partial charge in [-0.1, -0.05) is 13.3 Å². The molecule has 2 N–H and O–H groups in total. The van der Waals surface area contributed by atoms with Crippen LogP contribution in [0.15, 0.2) is 18.2 Å². The van der Waals surface area contributed by atoms with E-state index in [9.17, 15) is 29.3 Å². The molecule has 1 aliphatic heterocycles. The topological polar surface area (TPSA) is 148 Å². The Morgan fingerprint density at radius 2 is 1.82 bits per heavy atom. The highest BCUT2D eigenvalue weighted by Gasteiger charge is 2.37. The minimum Gasteiger partial charge on any atom is -0.450 e. The van der Waals surface area contributed by atoms with Gasteiger partial charge in [-0.05, 0) is 12.5 Å². The van der Waals surface area contributed by atoms with Crippen LogP contribution in [0, 0.1) is 10.1 Å². The number of hydrogen-bond acceptors (Lipinski definition) is 7. The number of carbonyl (C=O) groups is 4. The number of rotatable bonds is 9. The fourth-order valence-corrected chi connectivity index (χ4v) is 2.46. The van der Waals surface area contributed by atoms with Gasteiger partial charge in [0.05, 0.1) is 22.7 Å². The Kier molecular flexibility index (Phi) is 7.02. The standard InChI is InChI=1S/C17H20N4O7/c1-2-3-8-28-17(25)19-7-6-18-14(22)10-20-15(23)12-5-4-11(21(26)27)9-13(12)16(20)24/h4-5,9H,2-3,6-8,10H2,1H3,(H,18,22)(H,19,25). The summed E-state index contributed by atoms with van der Waals surface area (Å²) in [6, 6.07) is 3.33. The largest absolute Gasteiger partial charge is 0.450 e. The maximum Gasteiger partial charge on any atom is 0.407 e. The number of ether oxygens (including phenoxy) is 1. The van der Waals surface area contributed by atoms with Crippen LogP contribution in [0.1, 0.15) is 40.5 Å². The van der Waals surface area contributed by atoms with Gasteiger partial charge >= 0.3 is 6.09 Å². The van der Waals surface area contributed by atoms with Gasteiger partial charge in [-0.25, -0.2) is 4.79 Å². The summed E-state index contributed by atoms with van der Waals surface area (Å²) < 4.78 is 4.88. The molecule has 2 rings (SSSR count). The molecule has 0 saturated carbocycles. The number of nitro groups is 1. The summed E-state index contributed by atoms with van der Waals surface area (Å²) in [7, 11) is 0. The third kappa shape index (κ3) is 5.02. The number of amides is 4. The van der Waals surface area contributed by atoms with E-state index in [4.69, 9.17) is 4.74 Å². The zero-order chi connectivity index (χ0) is 20.7. The molecule has 11 heteroatoms. The van der Waals surface area contributed by atoms with Gasteiger partial charge in [-0.3, -0.25) is 29.4 Å². The Hall–Kier alpha value is -3.50. The number of carbonyl (C=O) groups excluding carboxylic acids is 4. The second-order valence-corrected chi connectivity index (χ2v) is 5.95. The first-order chi connectivity index (χ1) is 13.3. The molecule has 0 aliphatic carbocycles. The third-order valence-corrected chi connectivity index (χ3v) is 3.91. The molecule has 0 bridgehead atoms. The Morgan fingerprint density at radius 1 is 1.14 bits per heavy atom. The molecule has 0 spiro atoms. The lowest BCUT2D eigenvalue weighted by Gasteiger charge is -2.13. The molecular formula is C17H20N4O7. The molecule has 0 radical (unpaired) electrons. The number of non-ortho nitro benzene ring substituents is 1. The van der Waals surface area contributed by atoms with Crippen molar-refractivity contribution >= 4 is 29.5 Å². The van der Waals surface area contributed by atoms with Gasteiger partial charge in [-0.15, -0.1) is 0 Å². The van der Waals surface area contributed by atoms with Gasteiger partial charge in [-0.2, -0.15) is 0 Å². The van der Waals surface area contributed by atoms with Crippen LogP contribution in [-0.4, -0.2) is 59.9 Å². The fraction of sp³-hybridized carbons (Fsp3) is 0.412. The number of nitrogens with zero attached hydrogens (tertiary/aromatic N) is 2. The molecule has 28 heavy (non-hydrogen) atoms. The van der Waals surface area contributed by atoms with E-state index in [2.05, 4.69) is 10.6 Å². The van der Waals surface area contributed by atoms with E-state index in [-0.39, 0.29) is 29.9 Å². The molecule has 0 unspecified atom stereocenters. The lowest BCUT2D eigenvalue weighted by Crippen LogP contribution is -2.42. The number of alkyl carbamates (subject to hydrolysis) is 1. The number of imide groups is 1. The fourth-order valence-electron chi connectivity index (χ4n) is 2.46. The lowest BCUT2D eigenvalue weighted by atomic mass is 10.1. The molecule has 4 amide bonds. The number of nitro benzene ring substituents is 1. The van der Waals surface area contributed by atoms with Gasteiger partial charge in [0.1, 0.15) is 6.54 Å². The second-order valence-electron chi connectivity index (χ2n) is 5.95. The average Bonchev–Trinajstić information content (AvgIpc) is 2.90. The zero-order valence-corrected chi connectivity index (χ0v) is 15.2. The first-order valence-corrected chi connectivity index (χ1v) is 8.67. The van der Waals surface area contributed by atoms with Crippen molar-refractivity contribution in [1.29, 1.82) is 0 Å². The predicted octanol–water partition coefficient (Wildman–Crippen LogP) is 0.833. The second kappa shape index (κ2) is 9.44. The van der Waals surface area contributed by atoms with E-state index in [1.807, 2.05) is 6.92 Å². The van der Waals surface area contributed by atoms with Gasteiger partial charge < -0.3 is 15.4 Å². The summed E-state index contributed by atoms with van der Waals surface area (Å²) >= 11 is 0. The van der Waals surface area contributed by atoms with Crippen molar-refractivity contribution in [2.75, 3.05) is 26.2 Å². The van der Waals surface area contributed by atoms with Crippen LogP contribution < -0.4 is 10.6 Å². The van der Waals surface area contributed by atoms with E-state index in [0.29, 0.717) is 6.61 Å². The Bertz CT molecular complexity index is 809. The Morgan fingerprint density at radius 3 is 2.50 bits per heavy atom. The lowest BCUT2D eigenvalue weighted by molar-refractivity contribution is -0.384. The zero-order valence-electron chi connectivity index (χ0n) is 15.2. The van der Waals surface area contributed by atoms with Crippen LogP contribution >= 0.6 is 0 Å². The minimum atomic E-state index is -0.767. The number of nitrogens with one attached hydrogen (secondary N) is 2. The van der Waals surface area contributed by atoms with Crippen molar-refractivity contribution in [2.24, 2.45) is 0 Å². The van der Waals surface area contributed by atoms with Gasteiger partial charge in [0.15, 0.2) is 0 Å². The monoisotopic (exact) mass is 392 g/mol. The summed E-state index contributed by atoms with van der Waals surface area (Å²) in [5.74, 6) is -2.07. The van der Waals surface area contributed by atoms with Crippen molar-refractivity contribution in [3.63, 3.8) is 0 Å². The highest BCUT2D eigenvalue weighted by molar-refractivity contribution is 6.22. The highest BCUT2D eigenvalue weighted by Crippen LogP contribution is 2.26. The normalized spacial score (nSPS) is 12.5. The van der Waals surface area contributed by atoms with E-state index >= 15 is 0 Å². The van der Waals surface area contributed by atoms with Crippen molar-refractivity contribution in [2.45, 2.75) is 19.8 Å². The van der Waals surface area contributed by atoms with Crippen LogP contribution in [0.4, 0.5) is 10.5 Å². The maximum absolute atomic E-state index is 12.3. The average molecular weight is 392 g/mol. The Labute approximate surface area is 160 Å². The van der Waals surface area contributed by atoms with Crippen LogP contribution in [-0.2, 0) is 9.53 Å². The molecule has 1 aliphatic rings. The number of unbranched alkanes of at least 4 members (excludes halogenated alkanes) is 1. The van der Waals surface area contributed by atoms with Crippen molar-refractivity contribution in [3.05, 3.63) is 39.4 Å². The van der Waals surface area contributed by atoms with Gasteiger partial charge in [0, 0.05) is 25.2 Å². The third-order valence-electron chi connectivity index (χ3n) is 3.91. The molecule has 0 atom stereocenters. The van der Waals surface area contributed by atoms with E-state index < -0.39 is 35.3 Å². The smallest absolute Gasteiger partial charge is 0.407 e. The molecule has 0 aromatic heterocycles. The van der Waals surface area contributed by atoms with Crippen LogP contribution in [0.2, 0.25) is 0 Å². The summed E-state index contributed by atoms with van der Waals surface area (Å²) in [6.07, 6.45) is 1.06. The molecule has 150 valence electrons. The molecular weight excluding hydrogens is 372 g/mol. The quantitative estimate of drug-likeness (QED) is 0.274. The van der Waals surface area contributed by atoms with E-state index in [0.717, 1.165) is 29.9 Å². The summed E-state index contributed by atoms with van der Waals surface area (Å²) in [5.41, 5.74) is -0.411. The molecule has 1 heterocycles. The highest BCUT2D eigenvalue weighted by atomic mass is 16.6. The molecule has 1 aromatic carbocycles. The van der Waals surface area contributed by atoms with Crippen molar-refractivity contribution in [1.82, 2.24) is 15.5 Å². The van der Waals surface area contributed by atoms with Crippen molar-refractivity contribution < 1.29 is 28.8 Å². The van der Waals surface area contributed by atoms with Crippen LogP contribution in [0.3, 0.4) is 0 Å².